The van der Waals surface area contributed by atoms with E-state index in [1.807, 2.05) is 18.2 Å². The second-order valence-corrected chi connectivity index (χ2v) is 4.52. The van der Waals surface area contributed by atoms with Crippen LogP contribution < -0.4 is 10.2 Å². The fourth-order valence-electron chi connectivity index (χ4n) is 2.17. The monoisotopic (exact) mass is 243 g/mol. The van der Waals surface area contributed by atoms with Gasteiger partial charge in [0.1, 0.15) is 0 Å². The van der Waals surface area contributed by atoms with Gasteiger partial charge in [-0.2, -0.15) is 4.98 Å². The van der Waals surface area contributed by atoms with Gasteiger partial charge in [-0.1, -0.05) is 30.3 Å². The molecule has 0 bridgehead atoms. The number of hydrogen-bond donors (Lipinski definition) is 2. The number of aromatic nitrogens is 3. The molecule has 0 spiro atoms. The third-order valence-corrected chi connectivity index (χ3v) is 3.17. The second-order valence-electron chi connectivity index (χ2n) is 4.52. The van der Waals surface area contributed by atoms with Crippen LogP contribution in [0.2, 0.25) is 0 Å². The number of nitrogens with zero attached hydrogens (tertiary/aromatic N) is 3. The maximum Gasteiger partial charge on any atom is 0.246 e. The van der Waals surface area contributed by atoms with E-state index in [0.29, 0.717) is 0 Å². The van der Waals surface area contributed by atoms with Crippen LogP contribution in [-0.4, -0.2) is 28.3 Å². The van der Waals surface area contributed by atoms with E-state index < -0.39 is 0 Å². The molecule has 1 aromatic heterocycles. The Morgan fingerprint density at radius 1 is 1.17 bits per heavy atom. The molecule has 18 heavy (non-hydrogen) atoms. The number of benzene rings is 1. The molecule has 0 aliphatic carbocycles. The van der Waals surface area contributed by atoms with Gasteiger partial charge in [-0.3, -0.25) is 0 Å². The van der Waals surface area contributed by atoms with Crippen molar-refractivity contribution >= 4 is 11.9 Å². The van der Waals surface area contributed by atoms with Gasteiger partial charge in [0.05, 0.1) is 0 Å². The molecule has 94 valence electrons. The zero-order chi connectivity index (χ0) is 12.2. The number of H-pyrrole nitrogens is 1. The first-order chi connectivity index (χ1) is 8.92. The molecule has 2 heterocycles. The minimum atomic E-state index is 0.737. The van der Waals surface area contributed by atoms with Gasteiger partial charge < -0.3 is 10.2 Å². The number of hydrogen-bond acceptors (Lipinski definition) is 4. The first kappa shape index (κ1) is 11.1. The largest absolute Gasteiger partial charge is 0.350 e. The summed E-state index contributed by atoms with van der Waals surface area (Å²) in [7, 11) is 0. The van der Waals surface area contributed by atoms with E-state index in [2.05, 4.69) is 37.5 Å². The highest BCUT2D eigenvalue weighted by Gasteiger charge is 2.16. The van der Waals surface area contributed by atoms with Crippen molar-refractivity contribution in [3.8, 4) is 0 Å². The van der Waals surface area contributed by atoms with Gasteiger partial charge in [0.15, 0.2) is 0 Å². The third-order valence-electron chi connectivity index (χ3n) is 3.17. The van der Waals surface area contributed by atoms with Gasteiger partial charge in [-0.15, -0.1) is 5.10 Å². The maximum absolute atomic E-state index is 4.46. The summed E-state index contributed by atoms with van der Waals surface area (Å²) >= 11 is 0. The van der Waals surface area contributed by atoms with Crippen LogP contribution in [0.3, 0.4) is 0 Å². The Morgan fingerprint density at radius 3 is 2.72 bits per heavy atom. The lowest BCUT2D eigenvalue weighted by Gasteiger charge is -2.10. The Balaban J connectivity index is 1.60. The van der Waals surface area contributed by atoms with Crippen molar-refractivity contribution in [2.75, 3.05) is 23.3 Å². The Morgan fingerprint density at radius 2 is 1.94 bits per heavy atom. The molecule has 3 rings (SSSR count). The molecule has 0 saturated carbocycles. The molecule has 5 heteroatoms. The van der Waals surface area contributed by atoms with E-state index >= 15 is 0 Å². The molecule has 1 aromatic carbocycles. The zero-order valence-electron chi connectivity index (χ0n) is 10.3. The summed E-state index contributed by atoms with van der Waals surface area (Å²) in [6.45, 7) is 2.89. The molecular formula is C13H17N5. The van der Waals surface area contributed by atoms with Gasteiger partial charge in [0.2, 0.25) is 11.9 Å². The van der Waals surface area contributed by atoms with Crippen molar-refractivity contribution < 1.29 is 0 Å². The lowest BCUT2D eigenvalue weighted by Crippen LogP contribution is -2.18. The highest BCUT2D eigenvalue weighted by molar-refractivity contribution is 5.37. The summed E-state index contributed by atoms with van der Waals surface area (Å²) in [6.07, 6.45) is 2.47. The van der Waals surface area contributed by atoms with Crippen LogP contribution in [0.15, 0.2) is 30.3 Å². The highest BCUT2D eigenvalue weighted by atomic mass is 15.4. The van der Waals surface area contributed by atoms with Gasteiger partial charge in [-0.25, -0.2) is 5.10 Å². The van der Waals surface area contributed by atoms with Crippen LogP contribution in [0.25, 0.3) is 0 Å². The van der Waals surface area contributed by atoms with Gasteiger partial charge in [0.25, 0.3) is 0 Å². The van der Waals surface area contributed by atoms with E-state index in [9.17, 15) is 0 Å². The third kappa shape index (κ3) is 2.45. The molecule has 5 nitrogen and oxygen atoms in total. The number of nitrogens with one attached hydrogen (secondary N) is 2. The molecular weight excluding hydrogens is 226 g/mol. The predicted octanol–water partition coefficient (Wildman–Crippen LogP) is 2.02. The molecule has 0 unspecified atom stereocenters. The number of rotatable bonds is 4. The molecule has 0 amide bonds. The summed E-state index contributed by atoms with van der Waals surface area (Å²) < 4.78 is 0. The number of aromatic amines is 1. The highest BCUT2D eigenvalue weighted by Crippen LogP contribution is 2.16. The topological polar surface area (TPSA) is 56.8 Å². The average molecular weight is 243 g/mol. The zero-order valence-corrected chi connectivity index (χ0v) is 10.3. The molecule has 0 atom stereocenters. The van der Waals surface area contributed by atoms with Crippen molar-refractivity contribution in [3.05, 3.63) is 35.9 Å². The predicted molar refractivity (Wildman–Crippen MR) is 71.6 cm³/mol. The first-order valence-corrected chi connectivity index (χ1v) is 6.37. The standard InChI is InChI=1S/C13H17N5/c1-2-6-11(7-3-1)10-14-12-15-13(17-16-12)18-8-4-5-9-18/h1-3,6-7H,4-5,8-10H2,(H2,14,15,16,17). The van der Waals surface area contributed by atoms with E-state index in [1.165, 1.54) is 18.4 Å². The number of anilines is 2. The normalized spacial score (nSPS) is 15.0. The second kappa shape index (κ2) is 5.08. The lowest BCUT2D eigenvalue weighted by atomic mass is 10.2. The van der Waals surface area contributed by atoms with Gasteiger partial charge >= 0.3 is 0 Å². The molecule has 1 saturated heterocycles. The fraction of sp³-hybridized carbons (Fsp3) is 0.385. The summed E-state index contributed by atoms with van der Waals surface area (Å²) in [5.41, 5.74) is 1.23. The Kier molecular flexibility index (Phi) is 3.12. The van der Waals surface area contributed by atoms with Crippen molar-refractivity contribution in [1.82, 2.24) is 15.2 Å². The van der Waals surface area contributed by atoms with Gasteiger partial charge in [-0.05, 0) is 18.4 Å². The van der Waals surface area contributed by atoms with Crippen LogP contribution in [0, 0.1) is 0 Å². The van der Waals surface area contributed by atoms with Gasteiger partial charge in [0, 0.05) is 19.6 Å². The Bertz CT molecular complexity index is 487. The van der Waals surface area contributed by atoms with E-state index in [0.717, 1.165) is 31.5 Å². The SMILES string of the molecule is c1ccc(CNc2nc(N3CCCC3)n[nH]2)cc1. The summed E-state index contributed by atoms with van der Waals surface area (Å²) in [5.74, 6) is 1.55. The van der Waals surface area contributed by atoms with E-state index in [-0.39, 0.29) is 0 Å². The molecule has 1 aliphatic heterocycles. The summed E-state index contributed by atoms with van der Waals surface area (Å²) in [5, 5.41) is 10.4. The first-order valence-electron chi connectivity index (χ1n) is 6.37. The van der Waals surface area contributed by atoms with Crippen LogP contribution in [0.4, 0.5) is 11.9 Å². The van der Waals surface area contributed by atoms with Crippen LogP contribution >= 0.6 is 0 Å². The Labute approximate surface area is 106 Å². The minimum absolute atomic E-state index is 0.737. The maximum atomic E-state index is 4.46. The van der Waals surface area contributed by atoms with Crippen molar-refractivity contribution in [1.29, 1.82) is 0 Å². The summed E-state index contributed by atoms with van der Waals surface area (Å²) in [6, 6.07) is 10.3. The van der Waals surface area contributed by atoms with Crippen LogP contribution in [0.1, 0.15) is 18.4 Å². The molecule has 2 N–H and O–H groups in total. The van der Waals surface area contributed by atoms with E-state index in [1.54, 1.807) is 0 Å². The van der Waals surface area contributed by atoms with Crippen LogP contribution in [-0.2, 0) is 6.54 Å². The van der Waals surface area contributed by atoms with E-state index in [4.69, 9.17) is 0 Å². The quantitative estimate of drug-likeness (QED) is 0.862. The molecule has 2 aromatic rings. The van der Waals surface area contributed by atoms with Crippen molar-refractivity contribution in [2.24, 2.45) is 0 Å². The molecule has 1 aliphatic rings. The Hall–Kier alpha value is -2.04. The van der Waals surface area contributed by atoms with Crippen molar-refractivity contribution in [2.45, 2.75) is 19.4 Å². The molecule has 0 radical (unpaired) electrons. The summed E-state index contributed by atoms with van der Waals surface area (Å²) in [4.78, 5) is 6.67. The lowest BCUT2D eigenvalue weighted by molar-refractivity contribution is 0.903. The van der Waals surface area contributed by atoms with Crippen molar-refractivity contribution in [3.63, 3.8) is 0 Å². The molecule has 1 fully saturated rings. The average Bonchev–Trinajstić information content (AvgIpc) is 3.08. The van der Waals surface area contributed by atoms with Crippen LogP contribution in [0.5, 0.6) is 0 Å². The fourth-order valence-corrected chi connectivity index (χ4v) is 2.17. The minimum Gasteiger partial charge on any atom is -0.350 e. The smallest absolute Gasteiger partial charge is 0.246 e.